The van der Waals surface area contributed by atoms with Crippen molar-refractivity contribution in [1.82, 2.24) is 9.88 Å². The average Bonchev–Trinajstić information content (AvgIpc) is 3.41. The molecule has 2 aliphatic heterocycles. The summed E-state index contributed by atoms with van der Waals surface area (Å²) < 4.78 is 34.1. The van der Waals surface area contributed by atoms with Gasteiger partial charge in [-0.05, 0) is 49.6 Å². The second-order valence-corrected chi connectivity index (χ2v) is 9.74. The molecule has 1 aromatic heterocycles. The molecule has 10 heteroatoms. The van der Waals surface area contributed by atoms with Crippen molar-refractivity contribution in [2.45, 2.75) is 17.7 Å². The number of nitrogens with one attached hydrogen (secondary N) is 2. The molecule has 202 valence electrons. The van der Waals surface area contributed by atoms with Gasteiger partial charge in [0.15, 0.2) is 5.82 Å². The molecular weight excluding hydrogens is 510 g/mol. The Morgan fingerprint density at radius 3 is 2.76 bits per heavy atom. The number of amides is 1. The summed E-state index contributed by atoms with van der Waals surface area (Å²) in [6, 6.07) is 8.98. The Balaban J connectivity index is 0.000000956. The molecule has 1 atom stereocenters. The maximum atomic E-state index is 14.6. The number of aromatic nitrogens is 1. The Morgan fingerprint density at radius 2 is 2.00 bits per heavy atom. The number of anilines is 2. The number of carbonyl (C=O) groups is 2. The molecule has 1 unspecified atom stereocenters. The van der Waals surface area contributed by atoms with Gasteiger partial charge in [0.1, 0.15) is 23.9 Å². The van der Waals surface area contributed by atoms with Crippen LogP contribution in [-0.4, -0.2) is 61.6 Å². The number of methoxy groups -OCH3 is 1. The minimum absolute atomic E-state index is 0.0284. The van der Waals surface area contributed by atoms with Crippen molar-refractivity contribution in [2.24, 2.45) is 5.92 Å². The van der Waals surface area contributed by atoms with Gasteiger partial charge in [-0.1, -0.05) is 0 Å². The zero-order valence-corrected chi connectivity index (χ0v) is 22.2. The number of nitrogens with zero attached hydrogens (tertiary/aromatic N) is 2. The molecule has 5 rings (SSSR count). The van der Waals surface area contributed by atoms with Crippen molar-refractivity contribution in [1.29, 1.82) is 0 Å². The number of carbonyl (C=O) groups excluding carboxylic acids is 2. The average molecular weight is 543 g/mol. The van der Waals surface area contributed by atoms with Crippen LogP contribution >= 0.6 is 11.8 Å². The van der Waals surface area contributed by atoms with E-state index in [-0.39, 0.29) is 11.4 Å². The summed E-state index contributed by atoms with van der Waals surface area (Å²) in [7, 11) is 1.46. The molecule has 7 nitrogen and oxygen atoms in total. The number of hydrogen-bond acceptors (Lipinski definition) is 7. The maximum absolute atomic E-state index is 14.6. The number of ether oxygens (including phenoxy) is 1. The highest BCUT2D eigenvalue weighted by Gasteiger charge is 2.23. The van der Waals surface area contributed by atoms with Crippen molar-refractivity contribution in [2.75, 3.05) is 49.7 Å². The third-order valence-electron chi connectivity index (χ3n) is 6.45. The number of pyridine rings is 1. The molecule has 2 aromatic carbocycles. The smallest absolute Gasteiger partial charge is 0.234 e. The second kappa shape index (κ2) is 13.9. The van der Waals surface area contributed by atoms with Crippen molar-refractivity contribution >= 4 is 46.7 Å². The SMILES string of the molecule is C=C.C=O.COc1cc(F)c2ncc(F)c(CCN3CCC(CNc4ccc5c(c4)NC(=O)CS5)C3)c2c1. The summed E-state index contributed by atoms with van der Waals surface area (Å²) >= 11 is 1.55. The van der Waals surface area contributed by atoms with Crippen LogP contribution in [0.1, 0.15) is 12.0 Å². The highest BCUT2D eigenvalue weighted by molar-refractivity contribution is 8.00. The lowest BCUT2D eigenvalue weighted by atomic mass is 10.0. The van der Waals surface area contributed by atoms with Crippen molar-refractivity contribution in [3.63, 3.8) is 0 Å². The highest BCUT2D eigenvalue weighted by Crippen LogP contribution is 2.33. The van der Waals surface area contributed by atoms with Crippen molar-refractivity contribution in [3.05, 3.63) is 66.9 Å². The topological polar surface area (TPSA) is 83.6 Å². The largest absolute Gasteiger partial charge is 0.497 e. The molecule has 38 heavy (non-hydrogen) atoms. The highest BCUT2D eigenvalue weighted by atomic mass is 32.2. The van der Waals surface area contributed by atoms with Crippen LogP contribution in [0.5, 0.6) is 5.75 Å². The van der Waals surface area contributed by atoms with E-state index in [9.17, 15) is 13.6 Å². The van der Waals surface area contributed by atoms with Crippen molar-refractivity contribution < 1.29 is 23.1 Å². The van der Waals surface area contributed by atoms with E-state index in [1.54, 1.807) is 17.8 Å². The van der Waals surface area contributed by atoms with Gasteiger partial charge in [0, 0.05) is 47.2 Å². The van der Waals surface area contributed by atoms with Gasteiger partial charge in [-0.25, -0.2) is 8.78 Å². The Kier molecular flexibility index (Phi) is 10.6. The number of likely N-dealkylation sites (tertiary alicyclic amines) is 1. The molecule has 1 amide bonds. The van der Waals surface area contributed by atoms with Crippen LogP contribution in [0.25, 0.3) is 10.9 Å². The lowest BCUT2D eigenvalue weighted by Crippen LogP contribution is -2.25. The fraction of sp³-hybridized carbons (Fsp3) is 0.321. The minimum Gasteiger partial charge on any atom is -0.497 e. The van der Waals surface area contributed by atoms with Crippen LogP contribution in [0.2, 0.25) is 0 Å². The van der Waals surface area contributed by atoms with E-state index in [4.69, 9.17) is 9.53 Å². The standard InChI is InChI=1S/C25H26F2N4O2S.C2H4.CH2O/c1-33-17-9-19-18(21(27)12-29-25(19)20(26)10-17)5-7-31-6-4-15(13-31)11-28-16-2-3-23-22(8-16)30-24(32)14-34-23;2*1-2/h2-3,8-10,12,15,28H,4-7,11,13-14H2,1H3,(H,30,32);1-2H2;1H2. The summed E-state index contributed by atoms with van der Waals surface area (Å²) in [5, 5.41) is 6.87. The van der Waals surface area contributed by atoms with Crippen LogP contribution in [0.3, 0.4) is 0 Å². The predicted molar refractivity (Wildman–Crippen MR) is 149 cm³/mol. The van der Waals surface area contributed by atoms with Gasteiger partial charge in [0.2, 0.25) is 5.91 Å². The van der Waals surface area contributed by atoms with E-state index < -0.39 is 11.6 Å². The lowest BCUT2D eigenvalue weighted by Gasteiger charge is -2.19. The summed E-state index contributed by atoms with van der Waals surface area (Å²) in [5.74, 6) is 0.376. The second-order valence-electron chi connectivity index (χ2n) is 8.72. The van der Waals surface area contributed by atoms with Gasteiger partial charge in [0.25, 0.3) is 0 Å². The molecule has 2 N–H and O–H groups in total. The molecule has 0 spiro atoms. The lowest BCUT2D eigenvalue weighted by molar-refractivity contribution is -0.113. The van der Waals surface area contributed by atoms with Crippen LogP contribution < -0.4 is 15.4 Å². The molecule has 0 aliphatic carbocycles. The van der Waals surface area contributed by atoms with Gasteiger partial charge in [-0.3, -0.25) is 9.78 Å². The van der Waals surface area contributed by atoms with Gasteiger partial charge < -0.3 is 25.1 Å². The summed E-state index contributed by atoms with van der Waals surface area (Å²) in [6.45, 7) is 11.4. The molecule has 1 saturated heterocycles. The zero-order valence-electron chi connectivity index (χ0n) is 21.4. The molecule has 3 aromatic rings. The van der Waals surface area contributed by atoms with Crippen LogP contribution in [0, 0.1) is 17.6 Å². The number of halogens is 2. The number of thioether (sulfide) groups is 1. The normalized spacial score (nSPS) is 16.4. The number of benzene rings is 2. The third kappa shape index (κ3) is 6.87. The fourth-order valence-corrected chi connectivity index (χ4v) is 5.43. The summed E-state index contributed by atoms with van der Waals surface area (Å²) in [5.41, 5.74) is 2.49. The minimum atomic E-state index is -0.511. The Labute approximate surface area is 225 Å². The molecule has 0 saturated carbocycles. The first-order valence-electron chi connectivity index (χ1n) is 12.1. The summed E-state index contributed by atoms with van der Waals surface area (Å²) in [4.78, 5) is 27.0. The van der Waals surface area contributed by atoms with Crippen LogP contribution in [0.4, 0.5) is 20.2 Å². The fourth-order valence-electron chi connectivity index (χ4n) is 4.64. The van der Waals surface area contributed by atoms with E-state index in [1.807, 2.05) is 25.0 Å². The molecule has 3 heterocycles. The number of fused-ring (bicyclic) bond motifs is 2. The van der Waals surface area contributed by atoms with E-state index in [0.29, 0.717) is 41.3 Å². The molecule has 0 radical (unpaired) electrons. The molecule has 2 aliphatic rings. The van der Waals surface area contributed by atoms with E-state index in [0.717, 1.165) is 48.5 Å². The summed E-state index contributed by atoms with van der Waals surface area (Å²) in [6.07, 6.45) is 2.62. The number of rotatable bonds is 7. The van der Waals surface area contributed by atoms with Crippen molar-refractivity contribution in [3.8, 4) is 5.75 Å². The Hall–Kier alpha value is -3.50. The molecular formula is C28H32F2N4O3S. The van der Waals surface area contributed by atoms with Crippen LogP contribution in [-0.2, 0) is 16.0 Å². The Bertz CT molecular complexity index is 1270. The van der Waals surface area contributed by atoms with E-state index in [1.165, 1.54) is 13.2 Å². The Morgan fingerprint density at radius 1 is 1.21 bits per heavy atom. The van der Waals surface area contributed by atoms with Gasteiger partial charge in [-0.2, -0.15) is 0 Å². The van der Waals surface area contributed by atoms with Gasteiger partial charge >= 0.3 is 0 Å². The first-order chi connectivity index (χ1) is 18.5. The third-order valence-corrected chi connectivity index (χ3v) is 7.52. The zero-order chi connectivity index (χ0) is 27.7. The van der Waals surface area contributed by atoms with Crippen LogP contribution in [0.15, 0.2) is 54.6 Å². The van der Waals surface area contributed by atoms with E-state index >= 15 is 0 Å². The van der Waals surface area contributed by atoms with Gasteiger partial charge in [-0.15, -0.1) is 24.9 Å². The predicted octanol–water partition coefficient (Wildman–Crippen LogP) is 5.16. The maximum Gasteiger partial charge on any atom is 0.234 e. The first kappa shape index (κ1) is 29.1. The number of hydrogen-bond donors (Lipinski definition) is 2. The molecule has 1 fully saturated rings. The van der Waals surface area contributed by atoms with E-state index in [2.05, 4.69) is 33.7 Å². The quantitative estimate of drug-likeness (QED) is 0.399. The first-order valence-corrected chi connectivity index (χ1v) is 13.1. The van der Waals surface area contributed by atoms with Gasteiger partial charge in [0.05, 0.1) is 24.7 Å². The molecule has 0 bridgehead atoms. The monoisotopic (exact) mass is 542 g/mol.